The van der Waals surface area contributed by atoms with E-state index in [9.17, 15) is 82.8 Å². The molecule has 5 aromatic rings. The molecule has 33 heteroatoms. The minimum atomic E-state index is -5.85. The van der Waals surface area contributed by atoms with Crippen LogP contribution in [0.1, 0.15) is 53.8 Å². The summed E-state index contributed by atoms with van der Waals surface area (Å²) >= 11 is 3.97. The van der Waals surface area contributed by atoms with Gasteiger partial charge in [-0.25, -0.2) is 33.5 Å². The first-order chi connectivity index (χ1) is 38.1. The highest BCUT2D eigenvalue weighted by molar-refractivity contribution is 7.80. The number of ketones is 1. The van der Waals surface area contributed by atoms with Crippen molar-refractivity contribution in [1.29, 1.82) is 0 Å². The van der Waals surface area contributed by atoms with Gasteiger partial charge in [0.05, 0.1) is 13.2 Å². The molecule has 2 aromatic heterocycles. The molecule has 81 heavy (non-hydrogen) atoms. The molecule has 11 N–H and O–H groups in total. The number of phenols is 3. The SMILES string of the molecule is CC(C)(COP(=O)(O)OP(=O)(O)OC[C@H]1O[C@@H](n2c(C(=O)/C=C/c3ccc(O)cc3)nc3c(N(C(=O)/C=C/c4ccc(O)cc4)C(=O)/C=C/c4ccc(O)cc4)ncnc32)[C@H](O)[C@@H]1OP(=O)(O)O)[C@@H](O)C(=O)NCCC(=O)NCCS. The summed E-state index contributed by atoms with van der Waals surface area (Å²) in [5, 5.41) is 56.7. The van der Waals surface area contributed by atoms with Crippen molar-refractivity contribution in [2.75, 3.05) is 37.0 Å². The summed E-state index contributed by atoms with van der Waals surface area (Å²) in [6.07, 6.45) is -3.42. The number of nitrogens with one attached hydrogen (secondary N) is 2. The van der Waals surface area contributed by atoms with Crippen molar-refractivity contribution in [2.45, 2.75) is 50.9 Å². The van der Waals surface area contributed by atoms with Crippen LogP contribution < -0.4 is 15.5 Å². The molecule has 1 aliphatic heterocycles. The average molecular weight is 1210 g/mol. The van der Waals surface area contributed by atoms with Crippen molar-refractivity contribution in [3.63, 3.8) is 0 Å². The minimum absolute atomic E-state index is 0.0877. The van der Waals surface area contributed by atoms with Crippen LogP contribution in [0.2, 0.25) is 0 Å². The van der Waals surface area contributed by atoms with E-state index < -0.39 is 125 Å². The van der Waals surface area contributed by atoms with E-state index in [1.807, 2.05) is 0 Å². The molecule has 6 rings (SSSR count). The zero-order chi connectivity index (χ0) is 59.5. The van der Waals surface area contributed by atoms with E-state index >= 15 is 0 Å². The van der Waals surface area contributed by atoms with Crippen LogP contribution in [0.4, 0.5) is 5.82 Å². The van der Waals surface area contributed by atoms with Gasteiger partial charge in [-0.2, -0.15) is 16.9 Å². The predicted octanol–water partition coefficient (Wildman–Crippen LogP) is 3.05. The number of imidazole rings is 1. The van der Waals surface area contributed by atoms with Crippen molar-refractivity contribution in [1.82, 2.24) is 30.2 Å². The quantitative estimate of drug-likeness (QED) is 0.0164. The lowest BCUT2D eigenvalue weighted by atomic mass is 9.87. The fraction of sp³-hybridized carbons (Fsp3) is 0.292. The number of imide groups is 1. The first-order valence-electron chi connectivity index (χ1n) is 23.7. The molecule has 7 atom stereocenters. The fourth-order valence-corrected chi connectivity index (χ4v) is 10.3. The third kappa shape index (κ3) is 17.8. The fourth-order valence-electron chi connectivity index (χ4n) is 7.34. The lowest BCUT2D eigenvalue weighted by Crippen LogP contribution is -2.46. The molecule has 29 nitrogen and oxygen atoms in total. The van der Waals surface area contributed by atoms with Crippen LogP contribution in [0.3, 0.4) is 0 Å². The maximum Gasteiger partial charge on any atom is 0.481 e. The molecule has 0 radical (unpaired) electrons. The summed E-state index contributed by atoms with van der Waals surface area (Å²) in [5.74, 6) is -5.86. The number of benzene rings is 3. The second-order valence-corrected chi connectivity index (χ2v) is 22.7. The maximum atomic E-state index is 14.3. The molecular formula is C48H54N7O22P3S. The third-order valence-electron chi connectivity index (χ3n) is 11.4. The van der Waals surface area contributed by atoms with Crippen molar-refractivity contribution < 1.29 is 105 Å². The number of fused-ring (bicyclic) bond motifs is 1. The van der Waals surface area contributed by atoms with Crippen LogP contribution in [-0.4, -0.2) is 151 Å². The van der Waals surface area contributed by atoms with Crippen LogP contribution >= 0.6 is 36.1 Å². The molecule has 1 fully saturated rings. The normalized spacial score (nSPS) is 18.7. The largest absolute Gasteiger partial charge is 0.508 e. The highest BCUT2D eigenvalue weighted by Gasteiger charge is 2.51. The summed E-state index contributed by atoms with van der Waals surface area (Å²) in [6, 6.07) is 16.6. The Kier molecular flexibility index (Phi) is 21.4. The lowest BCUT2D eigenvalue weighted by Gasteiger charge is -2.30. The molecule has 434 valence electrons. The second-order valence-electron chi connectivity index (χ2n) is 18.0. The van der Waals surface area contributed by atoms with Gasteiger partial charge in [-0.05, 0) is 71.3 Å². The van der Waals surface area contributed by atoms with Crippen molar-refractivity contribution in [2.24, 2.45) is 5.41 Å². The summed E-state index contributed by atoms with van der Waals surface area (Å²) in [4.78, 5) is 122. The molecule has 1 aliphatic rings. The van der Waals surface area contributed by atoms with Gasteiger partial charge in [0.15, 0.2) is 29.0 Å². The Bertz CT molecular complexity index is 3270. The van der Waals surface area contributed by atoms with Gasteiger partial charge in [0, 0.05) is 42.8 Å². The number of carbonyl (C=O) groups is 5. The van der Waals surface area contributed by atoms with Gasteiger partial charge in [0.2, 0.25) is 17.6 Å². The number of aliphatic hydroxyl groups excluding tert-OH is 2. The minimum Gasteiger partial charge on any atom is -0.508 e. The average Bonchev–Trinajstić information content (AvgIpc) is 4.09. The van der Waals surface area contributed by atoms with Gasteiger partial charge < -0.3 is 60.5 Å². The summed E-state index contributed by atoms with van der Waals surface area (Å²) in [7, 11) is -17.2. The number of nitrogens with zero attached hydrogens (tertiary/aromatic N) is 5. The van der Waals surface area contributed by atoms with Crippen LogP contribution in [-0.2, 0) is 55.5 Å². The second kappa shape index (κ2) is 27.3. The number of phosphoric ester groups is 3. The number of aromatic nitrogens is 4. The first kappa shape index (κ1) is 63.4. The van der Waals surface area contributed by atoms with Gasteiger partial charge in [-0.3, -0.25) is 42.1 Å². The molecular weight excluding hydrogens is 1150 g/mol. The number of carbonyl (C=O) groups excluding carboxylic acids is 5. The van der Waals surface area contributed by atoms with E-state index in [-0.39, 0.29) is 36.8 Å². The Balaban J connectivity index is 1.33. The van der Waals surface area contributed by atoms with Gasteiger partial charge >= 0.3 is 23.5 Å². The van der Waals surface area contributed by atoms with Crippen molar-refractivity contribution in [3.05, 3.63) is 120 Å². The van der Waals surface area contributed by atoms with E-state index in [0.717, 1.165) is 29.1 Å². The number of hydrogen-bond acceptors (Lipinski definition) is 22. The Morgan fingerprint density at radius 3 is 1.81 bits per heavy atom. The number of aromatic hydroxyl groups is 3. The number of phenolic OH excluding ortho intramolecular Hbond substituents is 3. The van der Waals surface area contributed by atoms with E-state index in [1.54, 1.807) is 0 Å². The molecule has 0 bridgehead atoms. The number of ether oxygens (including phenoxy) is 1. The Morgan fingerprint density at radius 1 is 0.778 bits per heavy atom. The number of allylic oxidation sites excluding steroid dienone is 1. The highest BCUT2D eigenvalue weighted by atomic mass is 32.1. The van der Waals surface area contributed by atoms with E-state index in [1.165, 1.54) is 105 Å². The van der Waals surface area contributed by atoms with Crippen LogP contribution in [0, 0.1) is 5.41 Å². The number of hydrogen-bond donors (Lipinski definition) is 12. The molecule has 2 unspecified atom stereocenters. The lowest BCUT2D eigenvalue weighted by molar-refractivity contribution is -0.137. The molecule has 0 saturated carbocycles. The van der Waals surface area contributed by atoms with Gasteiger partial charge in [0.25, 0.3) is 11.8 Å². The number of anilines is 1. The predicted molar refractivity (Wildman–Crippen MR) is 287 cm³/mol. The first-order valence-corrected chi connectivity index (χ1v) is 28.9. The Morgan fingerprint density at radius 2 is 1.30 bits per heavy atom. The standard InChI is InChI=1S/C48H54N7O22P3S/c1-48(2,42(64)46(65)50-22-21-36(60)49-23-24-81)26-74-80(71,72)77-79(69,70)73-25-35-41(76-78(66,67)68)40(63)47(75-35)55-43(34(59)18-9-28-3-12-31(56)13-4-28)53-39-44(51-27-52-45(39)55)54(37(61)19-10-29-5-14-32(57)15-6-29)38(62)20-11-30-7-16-33(58)17-8-30/h3-20,27,35,40-42,47,56-58,63-64,81H,21-26H2,1-2H3,(H,49,60)(H,50,65)(H,69,70)(H,71,72)(H2,66,67,68)/b18-9+,19-10+,20-11+/t35-,40-,41-,42+,47-/m1/s1. The Labute approximate surface area is 465 Å². The van der Waals surface area contributed by atoms with Crippen molar-refractivity contribution in [3.8, 4) is 17.2 Å². The number of amides is 4. The van der Waals surface area contributed by atoms with Gasteiger partial charge in [-0.1, -0.05) is 56.3 Å². The summed E-state index contributed by atoms with van der Waals surface area (Å²) in [6.45, 7) is 0.110. The summed E-state index contributed by atoms with van der Waals surface area (Å²) in [5.41, 5.74) is -1.60. The zero-order valence-electron chi connectivity index (χ0n) is 42.5. The smallest absolute Gasteiger partial charge is 0.481 e. The highest BCUT2D eigenvalue weighted by Crippen LogP contribution is 2.61. The molecule has 4 amide bonds. The topological polar surface area (TPSA) is 436 Å². The van der Waals surface area contributed by atoms with Gasteiger partial charge in [-0.15, -0.1) is 0 Å². The van der Waals surface area contributed by atoms with Gasteiger partial charge in [0.1, 0.15) is 48.0 Å². The van der Waals surface area contributed by atoms with Crippen LogP contribution in [0.25, 0.3) is 29.4 Å². The number of aliphatic hydroxyl groups is 2. The van der Waals surface area contributed by atoms with Crippen LogP contribution in [0.15, 0.2) is 97.4 Å². The van der Waals surface area contributed by atoms with Crippen LogP contribution in [0.5, 0.6) is 17.2 Å². The molecule has 3 aromatic carbocycles. The third-order valence-corrected chi connectivity index (χ3v) is 14.7. The number of phosphoric acid groups is 3. The monoisotopic (exact) mass is 1210 g/mol. The van der Waals surface area contributed by atoms with E-state index in [0.29, 0.717) is 27.3 Å². The van der Waals surface area contributed by atoms with E-state index in [4.69, 9.17) is 18.3 Å². The molecule has 0 aliphatic carbocycles. The molecule has 0 spiro atoms. The zero-order valence-corrected chi connectivity index (χ0v) is 46.0. The molecule has 1 saturated heterocycles. The van der Waals surface area contributed by atoms with E-state index in [2.05, 4.69) is 42.5 Å². The molecule has 3 heterocycles. The maximum absolute atomic E-state index is 14.3. The number of rotatable bonds is 26. The van der Waals surface area contributed by atoms with Crippen molar-refractivity contribution >= 4 is 101 Å². The summed E-state index contributed by atoms with van der Waals surface area (Å²) < 4.78 is 64.3. The Hall–Kier alpha value is -6.82. The number of thiol groups is 1.